The van der Waals surface area contributed by atoms with E-state index in [-0.39, 0.29) is 5.75 Å². The van der Waals surface area contributed by atoms with Gasteiger partial charge < -0.3 is 25.6 Å². The van der Waals surface area contributed by atoms with E-state index in [9.17, 15) is 9.90 Å². The number of nitrogens with two attached hydrogens (primary N) is 1. The van der Waals surface area contributed by atoms with Crippen LogP contribution in [0.2, 0.25) is 0 Å². The average molecular weight is 302 g/mol. The van der Waals surface area contributed by atoms with Crippen LogP contribution in [-0.4, -0.2) is 25.2 Å². The van der Waals surface area contributed by atoms with Crippen LogP contribution in [0.1, 0.15) is 15.9 Å². The molecule has 22 heavy (non-hydrogen) atoms. The Morgan fingerprint density at radius 3 is 2.50 bits per heavy atom. The van der Waals surface area contributed by atoms with Gasteiger partial charge in [0.05, 0.1) is 14.2 Å². The Balaban J connectivity index is 2.20. The van der Waals surface area contributed by atoms with Crippen molar-refractivity contribution in [3.63, 3.8) is 0 Å². The summed E-state index contributed by atoms with van der Waals surface area (Å²) in [5.74, 6) is 0.764. The van der Waals surface area contributed by atoms with Gasteiger partial charge in [0, 0.05) is 23.9 Å². The van der Waals surface area contributed by atoms with Gasteiger partial charge in [-0.1, -0.05) is 0 Å². The number of ether oxygens (including phenoxy) is 2. The first-order valence-corrected chi connectivity index (χ1v) is 6.62. The van der Waals surface area contributed by atoms with E-state index in [0.717, 1.165) is 5.69 Å². The lowest BCUT2D eigenvalue weighted by Gasteiger charge is -2.13. The van der Waals surface area contributed by atoms with Gasteiger partial charge in [-0.3, -0.25) is 4.79 Å². The number of anilines is 1. The number of phenols is 1. The third-order valence-corrected chi connectivity index (χ3v) is 3.22. The van der Waals surface area contributed by atoms with Crippen molar-refractivity contribution >= 4 is 11.6 Å². The van der Waals surface area contributed by atoms with Crippen LogP contribution in [0, 0.1) is 0 Å². The molecule has 2 aromatic carbocycles. The molecule has 0 saturated carbocycles. The highest BCUT2D eigenvalue weighted by Crippen LogP contribution is 2.30. The van der Waals surface area contributed by atoms with E-state index in [1.807, 2.05) is 6.07 Å². The fourth-order valence-electron chi connectivity index (χ4n) is 2.11. The Bertz CT molecular complexity index is 686. The SMILES string of the molecule is COc1ccc(NCc2cc(O)ccc2C(N)=O)cc1OC. The zero-order chi connectivity index (χ0) is 16.1. The summed E-state index contributed by atoms with van der Waals surface area (Å²) in [7, 11) is 3.12. The molecule has 0 aromatic heterocycles. The van der Waals surface area contributed by atoms with Crippen LogP contribution in [0.4, 0.5) is 5.69 Å². The Labute approximate surface area is 128 Å². The number of hydrogen-bond donors (Lipinski definition) is 3. The summed E-state index contributed by atoms with van der Waals surface area (Å²) in [6.07, 6.45) is 0. The lowest BCUT2D eigenvalue weighted by atomic mass is 10.1. The van der Waals surface area contributed by atoms with Crippen LogP contribution in [0.15, 0.2) is 36.4 Å². The minimum absolute atomic E-state index is 0.0779. The summed E-state index contributed by atoms with van der Waals surface area (Å²) in [5, 5.41) is 12.7. The lowest BCUT2D eigenvalue weighted by Crippen LogP contribution is -2.15. The maximum absolute atomic E-state index is 11.4. The fraction of sp³-hybridized carbons (Fsp3) is 0.188. The molecule has 0 saturated heterocycles. The zero-order valence-electron chi connectivity index (χ0n) is 12.4. The molecule has 0 aliphatic heterocycles. The molecule has 0 radical (unpaired) electrons. The number of phenolic OH excluding ortho intramolecular Hbond substituents is 1. The highest BCUT2D eigenvalue weighted by Gasteiger charge is 2.10. The second-order valence-corrected chi connectivity index (χ2v) is 4.63. The number of aromatic hydroxyl groups is 1. The van der Waals surface area contributed by atoms with E-state index in [2.05, 4.69) is 5.32 Å². The summed E-state index contributed by atoms with van der Waals surface area (Å²) in [6, 6.07) is 9.83. The summed E-state index contributed by atoms with van der Waals surface area (Å²) in [5.41, 5.74) is 7.10. The maximum atomic E-state index is 11.4. The van der Waals surface area contributed by atoms with E-state index in [0.29, 0.717) is 29.2 Å². The number of amides is 1. The van der Waals surface area contributed by atoms with E-state index in [4.69, 9.17) is 15.2 Å². The van der Waals surface area contributed by atoms with Crippen molar-refractivity contribution in [2.45, 2.75) is 6.54 Å². The smallest absolute Gasteiger partial charge is 0.249 e. The second kappa shape index (κ2) is 6.71. The van der Waals surface area contributed by atoms with Crippen LogP contribution in [0.25, 0.3) is 0 Å². The van der Waals surface area contributed by atoms with E-state index in [1.165, 1.54) is 18.2 Å². The number of benzene rings is 2. The van der Waals surface area contributed by atoms with Crippen molar-refractivity contribution in [1.82, 2.24) is 0 Å². The molecule has 1 amide bonds. The van der Waals surface area contributed by atoms with E-state index >= 15 is 0 Å². The van der Waals surface area contributed by atoms with Gasteiger partial charge in [0.15, 0.2) is 11.5 Å². The molecule has 0 fully saturated rings. The molecule has 0 unspecified atom stereocenters. The number of methoxy groups -OCH3 is 2. The van der Waals surface area contributed by atoms with Crippen molar-refractivity contribution in [2.24, 2.45) is 5.73 Å². The monoisotopic (exact) mass is 302 g/mol. The number of carbonyl (C=O) groups excluding carboxylic acids is 1. The first kappa shape index (κ1) is 15.5. The van der Waals surface area contributed by atoms with Gasteiger partial charge in [0.2, 0.25) is 5.91 Å². The molecule has 4 N–H and O–H groups in total. The summed E-state index contributed by atoms with van der Waals surface area (Å²) in [4.78, 5) is 11.4. The van der Waals surface area contributed by atoms with Gasteiger partial charge in [0.25, 0.3) is 0 Å². The molecule has 0 aliphatic carbocycles. The fourth-order valence-corrected chi connectivity index (χ4v) is 2.11. The molecule has 6 nitrogen and oxygen atoms in total. The lowest BCUT2D eigenvalue weighted by molar-refractivity contribution is 0.0999. The van der Waals surface area contributed by atoms with Gasteiger partial charge in [-0.05, 0) is 35.9 Å². The van der Waals surface area contributed by atoms with Crippen molar-refractivity contribution < 1.29 is 19.4 Å². The molecule has 0 heterocycles. The van der Waals surface area contributed by atoms with Crippen molar-refractivity contribution in [3.05, 3.63) is 47.5 Å². The number of nitrogens with one attached hydrogen (secondary N) is 1. The first-order valence-electron chi connectivity index (χ1n) is 6.62. The van der Waals surface area contributed by atoms with Crippen molar-refractivity contribution in [3.8, 4) is 17.2 Å². The van der Waals surface area contributed by atoms with Gasteiger partial charge in [-0.2, -0.15) is 0 Å². The molecule has 2 rings (SSSR count). The maximum Gasteiger partial charge on any atom is 0.249 e. The van der Waals surface area contributed by atoms with Crippen molar-refractivity contribution in [1.29, 1.82) is 0 Å². The molecule has 2 aromatic rings. The Morgan fingerprint density at radius 1 is 1.14 bits per heavy atom. The van der Waals surface area contributed by atoms with Gasteiger partial charge in [0.1, 0.15) is 5.75 Å². The number of rotatable bonds is 6. The van der Waals surface area contributed by atoms with Crippen LogP contribution in [0.5, 0.6) is 17.2 Å². The topological polar surface area (TPSA) is 93.8 Å². The quantitative estimate of drug-likeness (QED) is 0.760. The standard InChI is InChI=1S/C16H18N2O4/c1-21-14-6-3-11(8-15(14)22-2)18-9-10-7-12(19)4-5-13(10)16(17)20/h3-8,18-19H,9H2,1-2H3,(H2,17,20). The molecular weight excluding hydrogens is 284 g/mol. The van der Waals surface area contributed by atoms with Crippen LogP contribution in [-0.2, 0) is 6.54 Å². The molecule has 6 heteroatoms. The van der Waals surface area contributed by atoms with Crippen LogP contribution in [0.3, 0.4) is 0 Å². The molecule has 0 spiro atoms. The van der Waals surface area contributed by atoms with Crippen molar-refractivity contribution in [2.75, 3.05) is 19.5 Å². The second-order valence-electron chi connectivity index (χ2n) is 4.63. The van der Waals surface area contributed by atoms with Crippen LogP contribution >= 0.6 is 0 Å². The third-order valence-electron chi connectivity index (χ3n) is 3.22. The van der Waals surface area contributed by atoms with Gasteiger partial charge in [-0.15, -0.1) is 0 Å². The van der Waals surface area contributed by atoms with E-state index < -0.39 is 5.91 Å². The molecule has 0 aliphatic rings. The highest BCUT2D eigenvalue weighted by atomic mass is 16.5. The molecular formula is C16H18N2O4. The van der Waals surface area contributed by atoms with Gasteiger partial charge in [-0.25, -0.2) is 0 Å². The predicted octanol–water partition coefficient (Wildman–Crippen LogP) is 2.12. The Hall–Kier alpha value is -2.89. The number of primary amides is 1. The third kappa shape index (κ3) is 3.41. The molecule has 0 bridgehead atoms. The van der Waals surface area contributed by atoms with Gasteiger partial charge >= 0.3 is 0 Å². The highest BCUT2D eigenvalue weighted by molar-refractivity contribution is 5.94. The van der Waals surface area contributed by atoms with Crippen LogP contribution < -0.4 is 20.5 Å². The number of hydrogen-bond acceptors (Lipinski definition) is 5. The Kier molecular flexibility index (Phi) is 4.73. The predicted molar refractivity (Wildman–Crippen MR) is 83.5 cm³/mol. The summed E-state index contributed by atoms with van der Waals surface area (Å²) >= 11 is 0. The average Bonchev–Trinajstić information content (AvgIpc) is 2.52. The minimum atomic E-state index is -0.538. The minimum Gasteiger partial charge on any atom is -0.508 e. The molecule has 116 valence electrons. The zero-order valence-corrected chi connectivity index (χ0v) is 12.4. The largest absolute Gasteiger partial charge is 0.508 e. The first-order chi connectivity index (χ1) is 10.5. The summed E-state index contributed by atoms with van der Waals surface area (Å²) in [6.45, 7) is 0.335. The number of carbonyl (C=O) groups is 1. The normalized spacial score (nSPS) is 10.1. The summed E-state index contributed by atoms with van der Waals surface area (Å²) < 4.78 is 10.4. The molecule has 0 atom stereocenters. The van der Waals surface area contributed by atoms with E-state index in [1.54, 1.807) is 26.4 Å². The Morgan fingerprint density at radius 2 is 1.86 bits per heavy atom.